The third kappa shape index (κ3) is 3.48. The summed E-state index contributed by atoms with van der Waals surface area (Å²) in [7, 11) is 0. The van der Waals surface area contributed by atoms with E-state index < -0.39 is 11.5 Å². The summed E-state index contributed by atoms with van der Waals surface area (Å²) in [6.45, 7) is 3.32. The number of carbonyl (C=O) groups excluding carboxylic acids is 1. The largest absolute Gasteiger partial charge is 0.481 e. The average molecular weight is 228 g/mol. The van der Waals surface area contributed by atoms with Crippen LogP contribution in [0.5, 0.6) is 0 Å². The lowest BCUT2D eigenvalue weighted by atomic mass is 9.86. The quantitative estimate of drug-likeness (QED) is 0.655. The smallest absolute Gasteiger partial charge is 0.306 e. The summed E-state index contributed by atoms with van der Waals surface area (Å²) in [4.78, 5) is 22.3. The molecule has 0 aromatic heterocycles. The van der Waals surface area contributed by atoms with E-state index in [1.807, 2.05) is 0 Å². The third-order valence-electron chi connectivity index (χ3n) is 3.00. The number of nitrogens with two attached hydrogens (primary N) is 1. The molecule has 16 heavy (non-hydrogen) atoms. The van der Waals surface area contributed by atoms with E-state index in [4.69, 9.17) is 10.8 Å². The van der Waals surface area contributed by atoms with Crippen molar-refractivity contribution in [3.63, 3.8) is 0 Å². The normalized spacial score (nSPS) is 26.2. The Hall–Kier alpha value is -1.10. The van der Waals surface area contributed by atoms with Crippen molar-refractivity contribution in [2.45, 2.75) is 51.1 Å². The number of carboxylic acids is 1. The molecule has 1 rings (SSSR count). The zero-order chi connectivity index (χ0) is 12.3. The van der Waals surface area contributed by atoms with Crippen molar-refractivity contribution in [2.75, 3.05) is 0 Å². The van der Waals surface area contributed by atoms with E-state index in [2.05, 4.69) is 5.32 Å². The average Bonchev–Trinajstić information content (AvgIpc) is 2.17. The van der Waals surface area contributed by atoms with Gasteiger partial charge in [0, 0.05) is 6.04 Å². The molecule has 0 spiro atoms. The molecule has 5 nitrogen and oxygen atoms in total. The van der Waals surface area contributed by atoms with E-state index in [0.717, 1.165) is 12.8 Å². The lowest BCUT2D eigenvalue weighted by Crippen LogP contribution is -2.52. The fourth-order valence-electron chi connectivity index (χ4n) is 1.86. The Morgan fingerprint density at radius 3 is 2.12 bits per heavy atom. The highest BCUT2D eigenvalue weighted by atomic mass is 16.4. The van der Waals surface area contributed by atoms with E-state index in [1.165, 1.54) is 0 Å². The predicted molar refractivity (Wildman–Crippen MR) is 59.8 cm³/mol. The maximum Gasteiger partial charge on any atom is 0.306 e. The van der Waals surface area contributed by atoms with Gasteiger partial charge in [0.15, 0.2) is 0 Å². The van der Waals surface area contributed by atoms with Crippen molar-refractivity contribution in [3.8, 4) is 0 Å². The molecular weight excluding hydrogens is 208 g/mol. The van der Waals surface area contributed by atoms with Gasteiger partial charge in [0.05, 0.1) is 11.5 Å². The molecular formula is C11H20N2O3. The predicted octanol–water partition coefficient (Wildman–Crippen LogP) is 0.483. The Bertz CT molecular complexity index is 275. The van der Waals surface area contributed by atoms with E-state index in [1.54, 1.807) is 13.8 Å². The molecule has 1 saturated carbocycles. The van der Waals surface area contributed by atoms with Crippen LogP contribution in [-0.4, -0.2) is 28.6 Å². The summed E-state index contributed by atoms with van der Waals surface area (Å²) < 4.78 is 0. The highest BCUT2D eigenvalue weighted by molar-refractivity contribution is 5.85. The first-order valence-corrected chi connectivity index (χ1v) is 5.63. The fourth-order valence-corrected chi connectivity index (χ4v) is 1.86. The van der Waals surface area contributed by atoms with Gasteiger partial charge in [-0.15, -0.1) is 0 Å². The maximum absolute atomic E-state index is 11.6. The van der Waals surface area contributed by atoms with Crippen LogP contribution < -0.4 is 11.1 Å². The molecule has 0 heterocycles. The van der Waals surface area contributed by atoms with Gasteiger partial charge in [-0.25, -0.2) is 0 Å². The van der Waals surface area contributed by atoms with Crippen LogP contribution in [0.1, 0.15) is 39.5 Å². The van der Waals surface area contributed by atoms with Crippen LogP contribution in [0.2, 0.25) is 0 Å². The van der Waals surface area contributed by atoms with Crippen LogP contribution in [0, 0.1) is 5.92 Å². The number of carbonyl (C=O) groups is 2. The summed E-state index contributed by atoms with van der Waals surface area (Å²) in [5.74, 6) is -1.16. The van der Waals surface area contributed by atoms with Crippen LogP contribution in [-0.2, 0) is 9.59 Å². The van der Waals surface area contributed by atoms with Crippen molar-refractivity contribution in [3.05, 3.63) is 0 Å². The molecule has 1 aliphatic carbocycles. The molecule has 1 amide bonds. The second-order valence-corrected chi connectivity index (χ2v) is 5.08. The van der Waals surface area contributed by atoms with Crippen LogP contribution in [0.25, 0.3) is 0 Å². The standard InChI is InChI=1S/C11H20N2O3/c1-11(2,12)10(16)13-8-5-3-7(4-6-8)9(14)15/h7-8H,3-6,12H2,1-2H3,(H,13,16)(H,14,15). The minimum absolute atomic E-state index is 0.0749. The maximum atomic E-state index is 11.6. The van der Waals surface area contributed by atoms with Gasteiger partial charge in [-0.2, -0.15) is 0 Å². The SMILES string of the molecule is CC(C)(N)C(=O)NC1CCC(C(=O)O)CC1. The monoisotopic (exact) mass is 228 g/mol. The van der Waals surface area contributed by atoms with Crippen LogP contribution in [0.3, 0.4) is 0 Å². The number of hydrogen-bond acceptors (Lipinski definition) is 3. The van der Waals surface area contributed by atoms with Crippen LogP contribution in [0.4, 0.5) is 0 Å². The lowest BCUT2D eigenvalue weighted by Gasteiger charge is -2.29. The number of nitrogens with one attached hydrogen (secondary N) is 1. The molecule has 0 aromatic rings. The van der Waals surface area contributed by atoms with Gasteiger partial charge in [0.1, 0.15) is 0 Å². The molecule has 0 aliphatic heterocycles. The van der Waals surface area contributed by atoms with Crippen molar-refractivity contribution < 1.29 is 14.7 Å². The zero-order valence-electron chi connectivity index (χ0n) is 9.82. The minimum atomic E-state index is -0.871. The molecule has 0 aromatic carbocycles. The first-order chi connectivity index (χ1) is 7.30. The zero-order valence-corrected chi connectivity index (χ0v) is 9.82. The third-order valence-corrected chi connectivity index (χ3v) is 3.00. The Labute approximate surface area is 95.4 Å². The summed E-state index contributed by atoms with van der Waals surface area (Å²) in [6, 6.07) is 0.0749. The van der Waals surface area contributed by atoms with Crippen molar-refractivity contribution in [1.82, 2.24) is 5.32 Å². The summed E-state index contributed by atoms with van der Waals surface area (Å²) >= 11 is 0. The molecule has 1 aliphatic rings. The first kappa shape index (κ1) is 13.0. The Morgan fingerprint density at radius 2 is 1.75 bits per heavy atom. The van der Waals surface area contributed by atoms with E-state index >= 15 is 0 Å². The van der Waals surface area contributed by atoms with Gasteiger partial charge in [-0.3, -0.25) is 9.59 Å². The Morgan fingerprint density at radius 1 is 1.25 bits per heavy atom. The van der Waals surface area contributed by atoms with E-state index in [0.29, 0.717) is 12.8 Å². The van der Waals surface area contributed by atoms with Crippen LogP contribution in [0.15, 0.2) is 0 Å². The highest BCUT2D eigenvalue weighted by Gasteiger charge is 2.29. The topological polar surface area (TPSA) is 92.4 Å². The van der Waals surface area contributed by atoms with Gasteiger partial charge >= 0.3 is 5.97 Å². The lowest BCUT2D eigenvalue weighted by molar-refractivity contribution is -0.142. The number of aliphatic carboxylic acids is 1. The number of hydrogen-bond donors (Lipinski definition) is 3. The molecule has 0 atom stereocenters. The van der Waals surface area contributed by atoms with E-state index in [9.17, 15) is 9.59 Å². The summed E-state index contributed by atoms with van der Waals surface area (Å²) in [6.07, 6.45) is 2.70. The summed E-state index contributed by atoms with van der Waals surface area (Å²) in [5, 5.41) is 11.7. The van der Waals surface area contributed by atoms with Gasteiger partial charge in [-0.1, -0.05) is 0 Å². The molecule has 5 heteroatoms. The summed E-state index contributed by atoms with van der Waals surface area (Å²) in [5.41, 5.74) is 4.79. The molecule has 0 unspecified atom stereocenters. The van der Waals surface area contributed by atoms with Crippen molar-refractivity contribution in [2.24, 2.45) is 11.7 Å². The highest BCUT2D eigenvalue weighted by Crippen LogP contribution is 2.24. The first-order valence-electron chi connectivity index (χ1n) is 5.63. The van der Waals surface area contributed by atoms with E-state index in [-0.39, 0.29) is 17.9 Å². The van der Waals surface area contributed by atoms with Gasteiger partial charge in [0.2, 0.25) is 5.91 Å². The molecule has 0 saturated heterocycles. The Balaban J connectivity index is 2.38. The van der Waals surface area contributed by atoms with Gasteiger partial charge < -0.3 is 16.2 Å². The minimum Gasteiger partial charge on any atom is -0.481 e. The van der Waals surface area contributed by atoms with Crippen molar-refractivity contribution in [1.29, 1.82) is 0 Å². The fraction of sp³-hybridized carbons (Fsp3) is 0.818. The molecule has 0 radical (unpaired) electrons. The molecule has 0 bridgehead atoms. The Kier molecular flexibility index (Phi) is 3.91. The van der Waals surface area contributed by atoms with Crippen molar-refractivity contribution >= 4 is 11.9 Å². The number of amides is 1. The van der Waals surface area contributed by atoms with Gasteiger partial charge in [0.25, 0.3) is 0 Å². The number of carboxylic acid groups (broad SMARTS) is 1. The van der Waals surface area contributed by atoms with Crippen LogP contribution >= 0.6 is 0 Å². The molecule has 4 N–H and O–H groups in total. The second-order valence-electron chi connectivity index (χ2n) is 5.08. The number of rotatable bonds is 3. The van der Waals surface area contributed by atoms with Gasteiger partial charge in [-0.05, 0) is 39.5 Å². The molecule has 1 fully saturated rings. The molecule has 92 valence electrons. The second kappa shape index (κ2) is 4.82.